The van der Waals surface area contributed by atoms with Crippen LogP contribution in [0.25, 0.3) is 0 Å². The first-order valence-corrected chi connectivity index (χ1v) is 6.23. The summed E-state index contributed by atoms with van der Waals surface area (Å²) in [6.45, 7) is 8.41. The molecule has 1 saturated carbocycles. The summed E-state index contributed by atoms with van der Waals surface area (Å²) in [5.41, 5.74) is 0.601. The van der Waals surface area contributed by atoms with Crippen LogP contribution in [0.1, 0.15) is 52.9 Å². The van der Waals surface area contributed by atoms with Gasteiger partial charge < -0.3 is 5.32 Å². The van der Waals surface area contributed by atoms with Crippen molar-refractivity contribution in [3.8, 4) is 0 Å². The molecule has 1 heteroatoms. The number of rotatable bonds is 4. The topological polar surface area (TPSA) is 12.0 Å². The average molecular weight is 197 g/mol. The highest BCUT2D eigenvalue weighted by Crippen LogP contribution is 2.43. The van der Waals surface area contributed by atoms with Crippen LogP contribution >= 0.6 is 0 Å². The van der Waals surface area contributed by atoms with Gasteiger partial charge >= 0.3 is 0 Å². The predicted octanol–water partition coefficient (Wildman–Crippen LogP) is 3.45. The third kappa shape index (κ3) is 3.27. The van der Waals surface area contributed by atoms with Crippen LogP contribution in [0.5, 0.6) is 0 Å². The van der Waals surface area contributed by atoms with E-state index in [2.05, 4.69) is 33.1 Å². The van der Waals surface area contributed by atoms with Crippen molar-refractivity contribution in [1.82, 2.24) is 5.32 Å². The molecule has 0 aromatic heterocycles. The van der Waals surface area contributed by atoms with Crippen molar-refractivity contribution in [3.05, 3.63) is 0 Å². The van der Waals surface area contributed by atoms with E-state index in [4.69, 9.17) is 0 Å². The van der Waals surface area contributed by atoms with Crippen molar-refractivity contribution in [1.29, 1.82) is 0 Å². The summed E-state index contributed by atoms with van der Waals surface area (Å²) in [4.78, 5) is 0. The number of hydrogen-bond donors (Lipinski definition) is 1. The molecule has 14 heavy (non-hydrogen) atoms. The first-order chi connectivity index (χ1) is 6.59. The average Bonchev–Trinajstić information content (AvgIpc) is 2.10. The van der Waals surface area contributed by atoms with Gasteiger partial charge in [-0.3, -0.25) is 0 Å². The van der Waals surface area contributed by atoms with Crippen LogP contribution in [-0.2, 0) is 0 Å². The Morgan fingerprint density at radius 1 is 1.29 bits per heavy atom. The second-order valence-electron chi connectivity index (χ2n) is 5.77. The lowest BCUT2D eigenvalue weighted by atomic mass is 9.66. The summed E-state index contributed by atoms with van der Waals surface area (Å²) in [5.74, 6) is 1.91. The maximum atomic E-state index is 3.35. The molecule has 1 rings (SSSR count). The molecule has 2 atom stereocenters. The summed E-state index contributed by atoms with van der Waals surface area (Å²) in [5, 5.41) is 3.35. The second-order valence-corrected chi connectivity index (χ2v) is 5.77. The van der Waals surface area contributed by atoms with Gasteiger partial charge in [0.05, 0.1) is 0 Å². The summed E-state index contributed by atoms with van der Waals surface area (Å²) in [7, 11) is 2.09. The van der Waals surface area contributed by atoms with Crippen LogP contribution in [0.15, 0.2) is 0 Å². The van der Waals surface area contributed by atoms with Gasteiger partial charge in [0.1, 0.15) is 0 Å². The van der Waals surface area contributed by atoms with E-state index < -0.39 is 0 Å². The van der Waals surface area contributed by atoms with Crippen LogP contribution < -0.4 is 5.32 Å². The maximum absolute atomic E-state index is 3.35. The molecule has 0 saturated heterocycles. The van der Waals surface area contributed by atoms with E-state index in [9.17, 15) is 0 Å². The lowest BCUT2D eigenvalue weighted by molar-refractivity contribution is 0.110. The molecule has 0 amide bonds. The van der Waals surface area contributed by atoms with Gasteiger partial charge in [-0.2, -0.15) is 0 Å². The van der Waals surface area contributed by atoms with Crippen molar-refractivity contribution in [3.63, 3.8) is 0 Å². The summed E-state index contributed by atoms with van der Waals surface area (Å²) in [6, 6.07) is 0. The van der Waals surface area contributed by atoms with Gasteiger partial charge in [0.15, 0.2) is 0 Å². The van der Waals surface area contributed by atoms with Crippen molar-refractivity contribution in [2.45, 2.75) is 52.9 Å². The van der Waals surface area contributed by atoms with Gasteiger partial charge in [-0.05, 0) is 50.1 Å². The van der Waals surface area contributed by atoms with E-state index in [1.165, 1.54) is 38.6 Å². The molecule has 0 spiro atoms. The molecule has 1 fully saturated rings. The van der Waals surface area contributed by atoms with Crippen LogP contribution in [0.2, 0.25) is 0 Å². The van der Waals surface area contributed by atoms with Crippen molar-refractivity contribution in [2.75, 3.05) is 13.6 Å². The molecule has 0 heterocycles. The highest BCUT2D eigenvalue weighted by Gasteiger charge is 2.33. The molecular formula is C13H27N. The van der Waals surface area contributed by atoms with Crippen molar-refractivity contribution < 1.29 is 0 Å². The van der Waals surface area contributed by atoms with E-state index in [-0.39, 0.29) is 0 Å². The first-order valence-electron chi connectivity index (χ1n) is 6.23. The third-order valence-corrected chi connectivity index (χ3v) is 3.80. The summed E-state index contributed by atoms with van der Waals surface area (Å²) in [6.07, 6.45) is 7.06. The van der Waals surface area contributed by atoms with E-state index in [1.54, 1.807) is 0 Å². The van der Waals surface area contributed by atoms with Crippen LogP contribution in [0, 0.1) is 17.3 Å². The number of nitrogens with one attached hydrogen (secondary N) is 1. The molecule has 0 aromatic carbocycles. The fourth-order valence-corrected chi connectivity index (χ4v) is 3.03. The highest BCUT2D eigenvalue weighted by atomic mass is 14.8. The quantitative estimate of drug-likeness (QED) is 0.728. The Kier molecular flexibility index (Phi) is 4.43. The van der Waals surface area contributed by atoms with E-state index >= 15 is 0 Å². The molecule has 1 aliphatic carbocycles. The molecule has 0 aliphatic heterocycles. The maximum Gasteiger partial charge on any atom is -0.00209 e. The zero-order valence-electron chi connectivity index (χ0n) is 10.4. The zero-order chi connectivity index (χ0) is 10.6. The molecule has 1 nitrogen and oxygen atoms in total. The minimum Gasteiger partial charge on any atom is -0.319 e. The highest BCUT2D eigenvalue weighted by molar-refractivity contribution is 4.85. The van der Waals surface area contributed by atoms with Crippen molar-refractivity contribution >= 4 is 0 Å². The van der Waals surface area contributed by atoms with E-state index in [1.807, 2.05) is 0 Å². The third-order valence-electron chi connectivity index (χ3n) is 3.80. The first kappa shape index (κ1) is 12.0. The molecule has 84 valence electrons. The van der Waals surface area contributed by atoms with Crippen LogP contribution in [0.3, 0.4) is 0 Å². The van der Waals surface area contributed by atoms with Gasteiger partial charge in [-0.15, -0.1) is 0 Å². The number of hydrogen-bond acceptors (Lipinski definition) is 1. The van der Waals surface area contributed by atoms with Gasteiger partial charge in [-0.1, -0.05) is 33.6 Å². The Morgan fingerprint density at radius 3 is 2.57 bits per heavy atom. The van der Waals surface area contributed by atoms with Crippen LogP contribution in [-0.4, -0.2) is 13.6 Å². The lowest BCUT2D eigenvalue weighted by Crippen LogP contribution is -2.34. The fraction of sp³-hybridized carbons (Fsp3) is 1.00. The monoisotopic (exact) mass is 197 g/mol. The van der Waals surface area contributed by atoms with Gasteiger partial charge in [0.25, 0.3) is 0 Å². The van der Waals surface area contributed by atoms with Crippen LogP contribution in [0.4, 0.5) is 0 Å². The Labute approximate surface area is 89.7 Å². The summed E-state index contributed by atoms with van der Waals surface area (Å²) < 4.78 is 0. The van der Waals surface area contributed by atoms with E-state index in [0.717, 1.165) is 11.8 Å². The fourth-order valence-electron chi connectivity index (χ4n) is 3.03. The minimum absolute atomic E-state index is 0.601. The molecule has 1 N–H and O–H groups in total. The largest absolute Gasteiger partial charge is 0.319 e. The standard InChI is InChI=1S/C13H27N/c1-5-6-11-9-13(2,3)8-7-12(11)10-14-4/h11-12,14H,5-10H2,1-4H3. The Balaban J connectivity index is 2.51. The van der Waals surface area contributed by atoms with Gasteiger partial charge in [0.2, 0.25) is 0 Å². The smallest absolute Gasteiger partial charge is 0.00209 e. The van der Waals surface area contributed by atoms with E-state index in [0.29, 0.717) is 5.41 Å². The van der Waals surface area contributed by atoms with Gasteiger partial charge in [0, 0.05) is 0 Å². The second kappa shape index (κ2) is 5.16. The molecule has 2 unspecified atom stereocenters. The predicted molar refractivity (Wildman–Crippen MR) is 63.4 cm³/mol. The van der Waals surface area contributed by atoms with Crippen molar-refractivity contribution in [2.24, 2.45) is 17.3 Å². The molecule has 0 radical (unpaired) electrons. The Hall–Kier alpha value is -0.0400. The Morgan fingerprint density at radius 2 is 2.00 bits per heavy atom. The molecule has 1 aliphatic rings. The van der Waals surface area contributed by atoms with Gasteiger partial charge in [-0.25, -0.2) is 0 Å². The minimum atomic E-state index is 0.601. The molecular weight excluding hydrogens is 170 g/mol. The zero-order valence-corrected chi connectivity index (χ0v) is 10.4. The Bertz CT molecular complexity index is 163. The normalized spacial score (nSPS) is 31.7. The molecule has 0 bridgehead atoms. The SMILES string of the molecule is CCCC1CC(C)(C)CCC1CNC. The lowest BCUT2D eigenvalue weighted by Gasteiger charge is -2.41. The molecule has 0 aromatic rings. The summed E-state index contributed by atoms with van der Waals surface area (Å²) >= 11 is 0.